The quantitative estimate of drug-likeness (QED) is 0.759. The van der Waals surface area contributed by atoms with Gasteiger partial charge >= 0.3 is 0 Å². The molecule has 0 spiro atoms. The second kappa shape index (κ2) is 4.01. The second-order valence-corrected chi connectivity index (χ2v) is 3.76. The number of aliphatic hydroxyl groups excluding tert-OH is 1. The van der Waals surface area contributed by atoms with E-state index in [0.29, 0.717) is 12.2 Å². The molecule has 16 heavy (non-hydrogen) atoms. The maximum Gasteiger partial charge on any atom is 0.177 e. The highest BCUT2D eigenvalue weighted by atomic mass is 16.3. The maximum absolute atomic E-state index is 10.0. The third kappa shape index (κ3) is 2.08. The highest BCUT2D eigenvalue weighted by Crippen LogP contribution is 2.18. The van der Waals surface area contributed by atoms with Gasteiger partial charge in [-0.25, -0.2) is 0 Å². The smallest absolute Gasteiger partial charge is 0.177 e. The Balaban J connectivity index is 2.14. The average molecular weight is 222 g/mol. The van der Waals surface area contributed by atoms with E-state index in [1.165, 1.54) is 4.80 Å². The number of tetrazole rings is 1. The summed E-state index contributed by atoms with van der Waals surface area (Å²) < 4.78 is 1.68. The Hall–Kier alpha value is -1.76. The Morgan fingerprint density at radius 3 is 2.62 bits per heavy atom. The van der Waals surface area contributed by atoms with Gasteiger partial charge in [-0.15, -0.1) is 10.2 Å². The van der Waals surface area contributed by atoms with Crippen molar-refractivity contribution < 1.29 is 5.11 Å². The summed E-state index contributed by atoms with van der Waals surface area (Å²) in [7, 11) is 3.52. The zero-order chi connectivity index (χ0) is 11.7. The van der Waals surface area contributed by atoms with E-state index in [-0.39, 0.29) is 0 Å². The van der Waals surface area contributed by atoms with E-state index in [1.54, 1.807) is 17.9 Å². The zero-order valence-corrected chi connectivity index (χ0v) is 9.49. The standard InChI is InChI=1S/C9H14N6O/c1-6-7(5-14(2)11-6)8(16)4-9-10-13-15(3)12-9/h5,8,16H,4H2,1-3H3. The SMILES string of the molecule is Cc1nn(C)cc1C(O)Cc1nnn(C)n1. The molecule has 2 rings (SSSR count). The van der Waals surface area contributed by atoms with Crippen LogP contribution < -0.4 is 0 Å². The van der Waals surface area contributed by atoms with Crippen LogP contribution in [0.3, 0.4) is 0 Å². The molecule has 0 saturated heterocycles. The van der Waals surface area contributed by atoms with Crippen molar-refractivity contribution in [2.75, 3.05) is 0 Å². The maximum atomic E-state index is 10.0. The van der Waals surface area contributed by atoms with Crippen molar-refractivity contribution in [2.24, 2.45) is 14.1 Å². The predicted octanol–water partition coefficient (Wildman–Crippen LogP) is -0.472. The van der Waals surface area contributed by atoms with Crippen molar-refractivity contribution in [3.05, 3.63) is 23.3 Å². The Labute approximate surface area is 92.7 Å². The summed E-state index contributed by atoms with van der Waals surface area (Å²) in [5.41, 5.74) is 1.62. The molecule has 2 aromatic rings. The third-order valence-corrected chi connectivity index (χ3v) is 2.34. The van der Waals surface area contributed by atoms with Crippen molar-refractivity contribution in [2.45, 2.75) is 19.4 Å². The van der Waals surface area contributed by atoms with E-state index >= 15 is 0 Å². The molecular weight excluding hydrogens is 208 g/mol. The van der Waals surface area contributed by atoms with E-state index < -0.39 is 6.10 Å². The molecule has 0 aliphatic heterocycles. The largest absolute Gasteiger partial charge is 0.388 e. The molecule has 0 aliphatic carbocycles. The van der Waals surface area contributed by atoms with Crippen LogP contribution in [0.15, 0.2) is 6.20 Å². The minimum Gasteiger partial charge on any atom is -0.388 e. The normalized spacial score (nSPS) is 13.0. The summed E-state index contributed by atoms with van der Waals surface area (Å²) in [4.78, 5) is 1.37. The summed E-state index contributed by atoms with van der Waals surface area (Å²) in [6.45, 7) is 1.86. The second-order valence-electron chi connectivity index (χ2n) is 3.76. The van der Waals surface area contributed by atoms with Crippen LogP contribution in [0.2, 0.25) is 0 Å². The first-order chi connectivity index (χ1) is 7.56. The van der Waals surface area contributed by atoms with Gasteiger partial charge in [-0.2, -0.15) is 9.90 Å². The number of aliphatic hydroxyl groups is 1. The van der Waals surface area contributed by atoms with E-state index in [0.717, 1.165) is 11.3 Å². The van der Waals surface area contributed by atoms with Crippen LogP contribution in [-0.2, 0) is 20.5 Å². The van der Waals surface area contributed by atoms with Gasteiger partial charge in [-0.3, -0.25) is 4.68 Å². The Morgan fingerprint density at radius 1 is 1.38 bits per heavy atom. The summed E-state index contributed by atoms with van der Waals surface area (Å²) in [6.07, 6.45) is 1.51. The lowest BCUT2D eigenvalue weighted by Gasteiger charge is -2.05. The molecule has 0 bridgehead atoms. The molecule has 86 valence electrons. The van der Waals surface area contributed by atoms with Gasteiger partial charge in [0.2, 0.25) is 0 Å². The molecule has 0 amide bonds. The van der Waals surface area contributed by atoms with E-state index in [4.69, 9.17) is 0 Å². The van der Waals surface area contributed by atoms with Gasteiger partial charge in [0.15, 0.2) is 5.82 Å². The summed E-state index contributed by atoms with van der Waals surface area (Å²) >= 11 is 0. The average Bonchev–Trinajstić information content (AvgIpc) is 2.73. The molecule has 0 aliphatic rings. The van der Waals surface area contributed by atoms with Crippen molar-refractivity contribution in [1.82, 2.24) is 30.0 Å². The molecule has 0 fully saturated rings. The minimum atomic E-state index is -0.641. The van der Waals surface area contributed by atoms with Crippen molar-refractivity contribution in [3.63, 3.8) is 0 Å². The number of nitrogens with zero attached hydrogens (tertiary/aromatic N) is 6. The topological polar surface area (TPSA) is 81.6 Å². The van der Waals surface area contributed by atoms with Gasteiger partial charge in [0.05, 0.1) is 18.8 Å². The van der Waals surface area contributed by atoms with Crippen LogP contribution >= 0.6 is 0 Å². The summed E-state index contributed by atoms with van der Waals surface area (Å²) in [5, 5.41) is 25.7. The van der Waals surface area contributed by atoms with Crippen molar-refractivity contribution >= 4 is 0 Å². The molecular formula is C9H14N6O. The van der Waals surface area contributed by atoms with Crippen LogP contribution in [0.25, 0.3) is 0 Å². The molecule has 1 unspecified atom stereocenters. The number of hydrogen-bond donors (Lipinski definition) is 1. The molecule has 0 radical (unpaired) electrons. The van der Waals surface area contributed by atoms with Gasteiger partial charge in [0.1, 0.15) is 0 Å². The lowest BCUT2D eigenvalue weighted by Crippen LogP contribution is -2.04. The van der Waals surface area contributed by atoms with E-state index in [9.17, 15) is 5.11 Å². The number of aromatic nitrogens is 6. The van der Waals surface area contributed by atoms with Gasteiger partial charge in [0.25, 0.3) is 0 Å². The highest BCUT2D eigenvalue weighted by Gasteiger charge is 2.16. The molecule has 7 nitrogen and oxygen atoms in total. The zero-order valence-electron chi connectivity index (χ0n) is 9.49. The summed E-state index contributed by atoms with van der Waals surface area (Å²) in [6, 6.07) is 0. The first-order valence-corrected chi connectivity index (χ1v) is 4.97. The van der Waals surface area contributed by atoms with E-state index in [2.05, 4.69) is 20.5 Å². The lowest BCUT2D eigenvalue weighted by molar-refractivity contribution is 0.175. The van der Waals surface area contributed by atoms with Gasteiger partial charge < -0.3 is 5.11 Å². The molecule has 2 heterocycles. The molecule has 1 atom stereocenters. The van der Waals surface area contributed by atoms with Gasteiger partial charge in [0, 0.05) is 25.2 Å². The van der Waals surface area contributed by atoms with Gasteiger partial charge in [-0.1, -0.05) is 0 Å². The first-order valence-electron chi connectivity index (χ1n) is 4.97. The fourth-order valence-electron chi connectivity index (χ4n) is 1.63. The third-order valence-electron chi connectivity index (χ3n) is 2.34. The van der Waals surface area contributed by atoms with E-state index in [1.807, 2.05) is 14.0 Å². The van der Waals surface area contributed by atoms with Crippen LogP contribution in [0.1, 0.15) is 23.2 Å². The van der Waals surface area contributed by atoms with Gasteiger partial charge in [-0.05, 0) is 12.1 Å². The predicted molar refractivity (Wildman–Crippen MR) is 55.4 cm³/mol. The fraction of sp³-hybridized carbons (Fsp3) is 0.556. The minimum absolute atomic E-state index is 0.348. The van der Waals surface area contributed by atoms with Crippen LogP contribution in [0.5, 0.6) is 0 Å². The molecule has 7 heteroatoms. The van der Waals surface area contributed by atoms with Crippen LogP contribution in [0, 0.1) is 6.92 Å². The summed E-state index contributed by atoms with van der Waals surface area (Å²) in [5.74, 6) is 0.526. The molecule has 0 aromatic carbocycles. The highest BCUT2D eigenvalue weighted by molar-refractivity contribution is 5.19. The number of hydrogen-bond acceptors (Lipinski definition) is 5. The Morgan fingerprint density at radius 2 is 2.12 bits per heavy atom. The molecule has 0 saturated carbocycles. The fourth-order valence-corrected chi connectivity index (χ4v) is 1.63. The first kappa shape index (κ1) is 10.7. The van der Waals surface area contributed by atoms with Crippen molar-refractivity contribution in [3.8, 4) is 0 Å². The van der Waals surface area contributed by atoms with Crippen molar-refractivity contribution in [1.29, 1.82) is 0 Å². The molecule has 2 aromatic heterocycles. The Bertz CT molecular complexity index is 488. The lowest BCUT2D eigenvalue weighted by atomic mass is 10.1. The van der Waals surface area contributed by atoms with Crippen LogP contribution in [-0.4, -0.2) is 35.1 Å². The number of aryl methyl sites for hydroxylation is 3. The Kier molecular flexibility index (Phi) is 2.69. The monoisotopic (exact) mass is 222 g/mol. The number of rotatable bonds is 3. The molecule has 1 N–H and O–H groups in total. The van der Waals surface area contributed by atoms with Crippen LogP contribution in [0.4, 0.5) is 0 Å².